The van der Waals surface area contributed by atoms with Crippen molar-refractivity contribution in [2.75, 3.05) is 13.2 Å². The third-order valence-corrected chi connectivity index (χ3v) is 4.30. The molecule has 1 aliphatic rings. The van der Waals surface area contributed by atoms with Crippen molar-refractivity contribution in [1.29, 1.82) is 0 Å². The summed E-state index contributed by atoms with van der Waals surface area (Å²) in [4.78, 5) is 12.6. The molecule has 0 bridgehead atoms. The zero-order valence-electron chi connectivity index (χ0n) is 14.2. The number of hydrogen-bond donors (Lipinski definition) is 1. The highest BCUT2D eigenvalue weighted by Crippen LogP contribution is 2.22. The van der Waals surface area contributed by atoms with Gasteiger partial charge in [-0.05, 0) is 49.6 Å². The fourth-order valence-corrected chi connectivity index (χ4v) is 2.85. The van der Waals surface area contributed by atoms with Crippen LogP contribution < -0.4 is 10.1 Å². The van der Waals surface area contributed by atoms with Crippen molar-refractivity contribution < 1.29 is 18.7 Å². The first-order valence-electron chi connectivity index (χ1n) is 8.53. The predicted octanol–water partition coefficient (Wildman–Crippen LogP) is 3.87. The number of halogens is 1. The van der Waals surface area contributed by atoms with E-state index < -0.39 is 0 Å². The maximum absolute atomic E-state index is 13.0. The normalized spacial score (nSPS) is 17.9. The van der Waals surface area contributed by atoms with Crippen LogP contribution in [-0.2, 0) is 4.74 Å². The molecule has 132 valence electrons. The molecule has 0 aliphatic carbocycles. The Bertz CT molecular complexity index is 711. The molecule has 1 heterocycles. The van der Waals surface area contributed by atoms with E-state index in [4.69, 9.17) is 9.47 Å². The summed E-state index contributed by atoms with van der Waals surface area (Å²) in [6, 6.07) is 13.0. The third-order valence-electron chi connectivity index (χ3n) is 4.30. The largest absolute Gasteiger partial charge is 0.490 e. The van der Waals surface area contributed by atoms with Gasteiger partial charge in [-0.25, -0.2) is 4.39 Å². The minimum absolute atomic E-state index is 0.0919. The fourth-order valence-electron chi connectivity index (χ4n) is 2.85. The molecule has 2 aromatic rings. The highest BCUT2D eigenvalue weighted by molar-refractivity contribution is 5.97. The van der Waals surface area contributed by atoms with Gasteiger partial charge in [0, 0.05) is 6.61 Å². The molecule has 1 aliphatic heterocycles. The molecule has 0 spiro atoms. The zero-order chi connectivity index (χ0) is 17.6. The molecule has 3 rings (SSSR count). The van der Waals surface area contributed by atoms with E-state index in [0.29, 0.717) is 17.9 Å². The molecular weight excluding hydrogens is 321 g/mol. The number of rotatable bonds is 6. The second-order valence-corrected chi connectivity index (χ2v) is 6.19. The monoisotopic (exact) mass is 343 g/mol. The van der Waals surface area contributed by atoms with Crippen molar-refractivity contribution in [3.63, 3.8) is 0 Å². The number of hydrogen-bond acceptors (Lipinski definition) is 3. The van der Waals surface area contributed by atoms with Gasteiger partial charge in [0.05, 0.1) is 17.7 Å². The summed E-state index contributed by atoms with van der Waals surface area (Å²) in [6.07, 6.45) is 2.12. The molecule has 0 aromatic heterocycles. The van der Waals surface area contributed by atoms with E-state index in [1.807, 2.05) is 13.0 Å². The lowest BCUT2D eigenvalue weighted by Gasteiger charge is -2.17. The molecule has 2 atom stereocenters. The molecule has 0 saturated carbocycles. The van der Waals surface area contributed by atoms with Crippen molar-refractivity contribution in [2.24, 2.45) is 0 Å². The predicted molar refractivity (Wildman–Crippen MR) is 93.2 cm³/mol. The van der Waals surface area contributed by atoms with Crippen molar-refractivity contribution in [3.8, 4) is 5.75 Å². The molecule has 1 amide bonds. The van der Waals surface area contributed by atoms with Crippen LogP contribution in [0.5, 0.6) is 5.75 Å². The van der Waals surface area contributed by atoms with Gasteiger partial charge in [-0.2, -0.15) is 0 Å². The quantitative estimate of drug-likeness (QED) is 0.866. The summed E-state index contributed by atoms with van der Waals surface area (Å²) in [7, 11) is 0. The Kier molecular flexibility index (Phi) is 5.66. The van der Waals surface area contributed by atoms with Gasteiger partial charge in [-0.3, -0.25) is 4.79 Å². The topological polar surface area (TPSA) is 47.6 Å². The van der Waals surface area contributed by atoms with E-state index in [1.165, 1.54) is 12.1 Å². The molecule has 4 nitrogen and oxygen atoms in total. The first kappa shape index (κ1) is 17.4. The molecule has 2 unspecified atom stereocenters. The Morgan fingerprint density at radius 3 is 2.76 bits per heavy atom. The van der Waals surface area contributed by atoms with Crippen LogP contribution in [0.2, 0.25) is 0 Å². The molecule has 2 aromatic carbocycles. The Morgan fingerprint density at radius 1 is 1.28 bits per heavy atom. The van der Waals surface area contributed by atoms with Crippen LogP contribution >= 0.6 is 0 Å². The number of ether oxygens (including phenoxy) is 2. The van der Waals surface area contributed by atoms with Crippen LogP contribution in [0, 0.1) is 5.82 Å². The van der Waals surface area contributed by atoms with E-state index >= 15 is 0 Å². The first-order valence-corrected chi connectivity index (χ1v) is 8.53. The van der Waals surface area contributed by atoms with Crippen LogP contribution in [0.25, 0.3) is 0 Å². The van der Waals surface area contributed by atoms with Gasteiger partial charge in [-0.15, -0.1) is 0 Å². The van der Waals surface area contributed by atoms with E-state index in [0.717, 1.165) is 25.0 Å². The second kappa shape index (κ2) is 8.12. The number of benzene rings is 2. The van der Waals surface area contributed by atoms with Gasteiger partial charge >= 0.3 is 0 Å². The summed E-state index contributed by atoms with van der Waals surface area (Å²) in [5.74, 6) is 0.0247. The highest BCUT2D eigenvalue weighted by Gasteiger charge is 2.19. The minimum Gasteiger partial charge on any atom is -0.490 e. The smallest absolute Gasteiger partial charge is 0.255 e. The summed E-state index contributed by atoms with van der Waals surface area (Å²) in [5.41, 5.74) is 1.32. The number of amides is 1. The number of para-hydroxylation sites is 1. The molecule has 1 saturated heterocycles. The van der Waals surface area contributed by atoms with Crippen molar-refractivity contribution in [3.05, 3.63) is 65.5 Å². The molecule has 25 heavy (non-hydrogen) atoms. The number of carbonyl (C=O) groups is 1. The lowest BCUT2D eigenvalue weighted by atomic mass is 10.1. The second-order valence-electron chi connectivity index (χ2n) is 6.19. The van der Waals surface area contributed by atoms with Crippen molar-refractivity contribution >= 4 is 5.91 Å². The van der Waals surface area contributed by atoms with E-state index in [-0.39, 0.29) is 23.9 Å². The first-order chi connectivity index (χ1) is 12.1. The van der Waals surface area contributed by atoms with E-state index in [1.54, 1.807) is 30.3 Å². The van der Waals surface area contributed by atoms with Gasteiger partial charge in [0.15, 0.2) is 0 Å². The van der Waals surface area contributed by atoms with Gasteiger partial charge in [-0.1, -0.05) is 24.3 Å². The summed E-state index contributed by atoms with van der Waals surface area (Å²) in [6.45, 7) is 3.07. The van der Waals surface area contributed by atoms with Crippen LogP contribution in [0.1, 0.15) is 41.7 Å². The average Bonchev–Trinajstić information content (AvgIpc) is 3.14. The standard InChI is InChI=1S/C20H22FNO3/c1-14(15-8-10-16(21)11-9-15)22-20(23)18-6-2-3-7-19(18)25-13-17-5-4-12-24-17/h2-3,6-11,14,17H,4-5,12-13H2,1H3,(H,22,23). The third kappa shape index (κ3) is 4.57. The summed E-state index contributed by atoms with van der Waals surface area (Å²) < 4.78 is 24.4. The summed E-state index contributed by atoms with van der Waals surface area (Å²) in [5, 5.41) is 2.93. The lowest BCUT2D eigenvalue weighted by Crippen LogP contribution is -2.27. The molecule has 5 heteroatoms. The molecule has 0 radical (unpaired) electrons. The fraction of sp³-hybridized carbons (Fsp3) is 0.350. The lowest BCUT2D eigenvalue weighted by molar-refractivity contribution is 0.0670. The maximum Gasteiger partial charge on any atom is 0.255 e. The van der Waals surface area contributed by atoms with Gasteiger partial charge in [0.1, 0.15) is 18.2 Å². The molecule has 1 N–H and O–H groups in total. The number of carbonyl (C=O) groups excluding carboxylic acids is 1. The van der Waals surface area contributed by atoms with Crippen LogP contribution in [0.4, 0.5) is 4.39 Å². The van der Waals surface area contributed by atoms with Crippen molar-refractivity contribution in [2.45, 2.75) is 31.9 Å². The molecule has 1 fully saturated rings. The SMILES string of the molecule is CC(NC(=O)c1ccccc1OCC1CCCO1)c1ccc(F)cc1. The van der Waals surface area contributed by atoms with Crippen LogP contribution in [0.3, 0.4) is 0 Å². The van der Waals surface area contributed by atoms with E-state index in [2.05, 4.69) is 5.32 Å². The van der Waals surface area contributed by atoms with Gasteiger partial charge in [0.25, 0.3) is 5.91 Å². The Balaban J connectivity index is 1.65. The Hall–Kier alpha value is -2.40. The zero-order valence-corrected chi connectivity index (χ0v) is 14.2. The van der Waals surface area contributed by atoms with Crippen molar-refractivity contribution in [1.82, 2.24) is 5.32 Å². The average molecular weight is 343 g/mol. The van der Waals surface area contributed by atoms with Gasteiger partial charge < -0.3 is 14.8 Å². The highest BCUT2D eigenvalue weighted by atomic mass is 19.1. The summed E-state index contributed by atoms with van der Waals surface area (Å²) >= 11 is 0. The Morgan fingerprint density at radius 2 is 2.04 bits per heavy atom. The van der Waals surface area contributed by atoms with Crippen LogP contribution in [0.15, 0.2) is 48.5 Å². The number of nitrogens with one attached hydrogen (secondary N) is 1. The van der Waals surface area contributed by atoms with Gasteiger partial charge in [0.2, 0.25) is 0 Å². The molecular formula is C20H22FNO3. The van der Waals surface area contributed by atoms with E-state index in [9.17, 15) is 9.18 Å². The maximum atomic E-state index is 13.0. The Labute approximate surface area is 147 Å². The minimum atomic E-state index is -0.296. The van der Waals surface area contributed by atoms with Crippen LogP contribution in [-0.4, -0.2) is 25.2 Å².